The quantitative estimate of drug-likeness (QED) is 0.720. The molecule has 0 aromatic rings. The molecule has 0 N–H and O–H groups in total. The van der Waals surface area contributed by atoms with E-state index >= 15 is 0 Å². The van der Waals surface area contributed by atoms with E-state index < -0.39 is 0 Å². The lowest BCUT2D eigenvalue weighted by Gasteiger charge is -2.45. The smallest absolute Gasteiger partial charge is 0.310 e. The van der Waals surface area contributed by atoms with Gasteiger partial charge >= 0.3 is 5.97 Å². The molecule has 3 heteroatoms. The Morgan fingerprint density at radius 1 is 1.21 bits per heavy atom. The molecule has 0 spiro atoms. The predicted molar refractivity (Wildman–Crippen MR) is 73.6 cm³/mol. The van der Waals surface area contributed by atoms with Gasteiger partial charge in [0.2, 0.25) is 0 Å². The summed E-state index contributed by atoms with van der Waals surface area (Å²) in [5.74, 6) is 0.116. The molecule has 2 rings (SSSR count). The van der Waals surface area contributed by atoms with Crippen LogP contribution in [-0.2, 0) is 14.3 Å². The second-order valence-corrected chi connectivity index (χ2v) is 7.21. The van der Waals surface area contributed by atoms with Crippen LogP contribution in [0.2, 0.25) is 0 Å². The van der Waals surface area contributed by atoms with Crippen molar-refractivity contribution in [2.75, 3.05) is 0 Å². The largest absolute Gasteiger partial charge is 0.462 e. The van der Waals surface area contributed by atoms with Gasteiger partial charge in [0, 0.05) is 12.3 Å². The SMILES string of the molecule is CC(C)[C@H]1CC(C)(C)[C@H](C2CCCCC2=O)C(=O)O1. The summed E-state index contributed by atoms with van der Waals surface area (Å²) in [6.45, 7) is 8.41. The number of Topliss-reactive ketones (excluding diaryl/α,β-unsaturated/α-hetero) is 1. The number of cyclic esters (lactones) is 1. The van der Waals surface area contributed by atoms with Crippen LogP contribution in [0.1, 0.15) is 59.8 Å². The standard InChI is InChI=1S/C16H26O3/c1-10(2)13-9-16(3,4)14(15(18)19-13)11-7-5-6-8-12(11)17/h10-11,13-14H,5-9H2,1-4H3/t11?,13-,14-/m1/s1. The number of carbonyl (C=O) groups is 2. The average Bonchev–Trinajstić information content (AvgIpc) is 2.29. The molecule has 0 bridgehead atoms. The molecule has 0 aromatic heterocycles. The molecule has 1 aliphatic carbocycles. The summed E-state index contributed by atoms with van der Waals surface area (Å²) in [5, 5.41) is 0. The molecule has 108 valence electrons. The monoisotopic (exact) mass is 266 g/mol. The number of rotatable bonds is 2. The van der Waals surface area contributed by atoms with Gasteiger partial charge in [0.1, 0.15) is 11.9 Å². The Morgan fingerprint density at radius 3 is 2.42 bits per heavy atom. The molecule has 0 radical (unpaired) electrons. The van der Waals surface area contributed by atoms with E-state index in [9.17, 15) is 9.59 Å². The number of carbonyl (C=O) groups excluding carboxylic acids is 2. The van der Waals surface area contributed by atoms with Crippen LogP contribution in [0.3, 0.4) is 0 Å². The first-order chi connectivity index (χ1) is 8.83. The summed E-state index contributed by atoms with van der Waals surface area (Å²) in [7, 11) is 0. The third-order valence-corrected chi connectivity index (χ3v) is 4.84. The first-order valence-electron chi connectivity index (χ1n) is 7.56. The van der Waals surface area contributed by atoms with Crippen molar-refractivity contribution in [2.24, 2.45) is 23.2 Å². The van der Waals surface area contributed by atoms with Crippen molar-refractivity contribution in [3.63, 3.8) is 0 Å². The topological polar surface area (TPSA) is 43.4 Å². The molecule has 19 heavy (non-hydrogen) atoms. The van der Waals surface area contributed by atoms with Gasteiger partial charge in [0.05, 0.1) is 5.92 Å². The van der Waals surface area contributed by atoms with Crippen LogP contribution >= 0.6 is 0 Å². The van der Waals surface area contributed by atoms with Gasteiger partial charge < -0.3 is 4.74 Å². The van der Waals surface area contributed by atoms with Gasteiger partial charge in [0.25, 0.3) is 0 Å². The van der Waals surface area contributed by atoms with E-state index in [0.717, 1.165) is 25.7 Å². The maximum Gasteiger partial charge on any atom is 0.310 e. The summed E-state index contributed by atoms with van der Waals surface area (Å²) in [6.07, 6.45) is 4.39. The zero-order chi connectivity index (χ0) is 14.2. The van der Waals surface area contributed by atoms with Crippen LogP contribution in [0.25, 0.3) is 0 Å². The van der Waals surface area contributed by atoms with Crippen LogP contribution in [0, 0.1) is 23.2 Å². The van der Waals surface area contributed by atoms with Crippen molar-refractivity contribution < 1.29 is 14.3 Å². The Hall–Kier alpha value is -0.860. The lowest BCUT2D eigenvalue weighted by molar-refractivity contribution is -0.181. The maximum atomic E-state index is 12.4. The molecule has 1 saturated heterocycles. The lowest BCUT2D eigenvalue weighted by atomic mass is 9.63. The van der Waals surface area contributed by atoms with Gasteiger partial charge in [-0.15, -0.1) is 0 Å². The average molecular weight is 266 g/mol. The summed E-state index contributed by atoms with van der Waals surface area (Å²) >= 11 is 0. The minimum absolute atomic E-state index is 0.00237. The van der Waals surface area contributed by atoms with Crippen molar-refractivity contribution >= 4 is 11.8 Å². The van der Waals surface area contributed by atoms with E-state index in [1.165, 1.54) is 0 Å². The molecular formula is C16H26O3. The number of esters is 1. The summed E-state index contributed by atoms with van der Waals surface area (Å²) in [5.41, 5.74) is -0.137. The molecule has 3 nitrogen and oxygen atoms in total. The van der Waals surface area contributed by atoms with E-state index in [4.69, 9.17) is 4.74 Å². The molecule has 0 aromatic carbocycles. The van der Waals surface area contributed by atoms with Crippen molar-refractivity contribution in [1.82, 2.24) is 0 Å². The highest BCUT2D eigenvalue weighted by Gasteiger charge is 2.50. The number of hydrogen-bond donors (Lipinski definition) is 0. The Balaban J connectivity index is 2.20. The molecular weight excluding hydrogens is 240 g/mol. The first kappa shape index (κ1) is 14.5. The van der Waals surface area contributed by atoms with Crippen LogP contribution in [0.4, 0.5) is 0 Å². The Bertz CT molecular complexity index is 370. The van der Waals surface area contributed by atoms with Gasteiger partial charge in [0.15, 0.2) is 0 Å². The van der Waals surface area contributed by atoms with E-state index in [-0.39, 0.29) is 35.1 Å². The van der Waals surface area contributed by atoms with E-state index in [0.29, 0.717) is 12.3 Å². The maximum absolute atomic E-state index is 12.4. The second kappa shape index (κ2) is 5.26. The zero-order valence-electron chi connectivity index (χ0n) is 12.6. The Morgan fingerprint density at radius 2 is 1.89 bits per heavy atom. The zero-order valence-corrected chi connectivity index (χ0v) is 12.6. The Labute approximate surface area is 116 Å². The lowest BCUT2D eigenvalue weighted by Crippen LogP contribution is -2.50. The first-order valence-corrected chi connectivity index (χ1v) is 7.56. The van der Waals surface area contributed by atoms with Gasteiger partial charge in [-0.3, -0.25) is 9.59 Å². The molecule has 2 aliphatic rings. The number of ether oxygens (including phenoxy) is 1. The van der Waals surface area contributed by atoms with Crippen molar-refractivity contribution in [1.29, 1.82) is 0 Å². The summed E-state index contributed by atoms with van der Waals surface area (Å²) in [4.78, 5) is 24.5. The fourth-order valence-corrected chi connectivity index (χ4v) is 3.67. The van der Waals surface area contributed by atoms with Gasteiger partial charge in [-0.2, -0.15) is 0 Å². The van der Waals surface area contributed by atoms with E-state index in [1.54, 1.807) is 0 Å². The van der Waals surface area contributed by atoms with Crippen LogP contribution in [0.15, 0.2) is 0 Å². The van der Waals surface area contributed by atoms with Crippen LogP contribution in [0.5, 0.6) is 0 Å². The van der Waals surface area contributed by atoms with Gasteiger partial charge in [-0.05, 0) is 30.6 Å². The van der Waals surface area contributed by atoms with Crippen molar-refractivity contribution in [3.8, 4) is 0 Å². The third kappa shape index (κ3) is 2.85. The van der Waals surface area contributed by atoms with Crippen LogP contribution < -0.4 is 0 Å². The minimum Gasteiger partial charge on any atom is -0.462 e. The predicted octanol–water partition coefficient (Wildman–Crippen LogP) is 3.36. The minimum atomic E-state index is -0.240. The molecule has 0 amide bonds. The fourth-order valence-electron chi connectivity index (χ4n) is 3.67. The fraction of sp³-hybridized carbons (Fsp3) is 0.875. The summed E-state index contributed by atoms with van der Waals surface area (Å²) in [6, 6.07) is 0. The Kier molecular flexibility index (Phi) is 4.03. The third-order valence-electron chi connectivity index (χ3n) is 4.84. The van der Waals surface area contributed by atoms with Crippen LogP contribution in [-0.4, -0.2) is 17.9 Å². The highest BCUT2D eigenvalue weighted by molar-refractivity contribution is 5.88. The van der Waals surface area contributed by atoms with Crippen molar-refractivity contribution in [3.05, 3.63) is 0 Å². The molecule has 1 unspecified atom stereocenters. The highest BCUT2D eigenvalue weighted by atomic mass is 16.5. The van der Waals surface area contributed by atoms with Gasteiger partial charge in [-0.1, -0.05) is 34.1 Å². The highest BCUT2D eigenvalue weighted by Crippen LogP contribution is 2.46. The molecule has 3 atom stereocenters. The summed E-state index contributed by atoms with van der Waals surface area (Å²) < 4.78 is 5.61. The van der Waals surface area contributed by atoms with E-state index in [1.807, 2.05) is 0 Å². The molecule has 2 fully saturated rings. The second-order valence-electron chi connectivity index (χ2n) is 7.21. The van der Waals surface area contributed by atoms with E-state index in [2.05, 4.69) is 27.7 Å². The normalized spacial score (nSPS) is 35.3. The number of hydrogen-bond acceptors (Lipinski definition) is 3. The van der Waals surface area contributed by atoms with Gasteiger partial charge in [-0.25, -0.2) is 0 Å². The molecule has 1 heterocycles. The van der Waals surface area contributed by atoms with Crippen molar-refractivity contribution in [2.45, 2.75) is 65.9 Å². The molecule has 1 aliphatic heterocycles. The number of ketones is 1. The molecule has 1 saturated carbocycles.